The van der Waals surface area contributed by atoms with Crippen LogP contribution in [0.5, 0.6) is 0 Å². The minimum Gasteiger partial charge on any atom is -0.377 e. The molecule has 2 fully saturated rings. The average Bonchev–Trinajstić information content (AvgIpc) is 3.05. The molecule has 2 aliphatic rings. The van der Waals surface area contributed by atoms with Crippen molar-refractivity contribution in [3.63, 3.8) is 0 Å². The van der Waals surface area contributed by atoms with Gasteiger partial charge in [-0.2, -0.15) is 0 Å². The van der Waals surface area contributed by atoms with Crippen LogP contribution in [0.25, 0.3) is 0 Å². The summed E-state index contributed by atoms with van der Waals surface area (Å²) in [5, 5.41) is 7.53. The van der Waals surface area contributed by atoms with Gasteiger partial charge in [-0.25, -0.2) is 0 Å². The van der Waals surface area contributed by atoms with Crippen LogP contribution in [-0.2, 0) is 4.74 Å². The summed E-state index contributed by atoms with van der Waals surface area (Å²) >= 11 is 1.87. The molecule has 1 aliphatic heterocycles. The third-order valence-corrected chi connectivity index (χ3v) is 6.42. The summed E-state index contributed by atoms with van der Waals surface area (Å²) in [4.78, 5) is 6.14. The van der Waals surface area contributed by atoms with E-state index in [-0.39, 0.29) is 5.41 Å². The number of aliphatic imine (C=N–C) groups is 1. The Bertz CT molecular complexity index is 590. The zero-order chi connectivity index (χ0) is 17.9. The van der Waals surface area contributed by atoms with Crippen molar-refractivity contribution in [3.8, 4) is 0 Å². The fourth-order valence-corrected chi connectivity index (χ4v) is 5.00. The van der Waals surface area contributed by atoms with Crippen molar-refractivity contribution in [1.29, 1.82) is 0 Å². The van der Waals surface area contributed by atoms with Crippen molar-refractivity contribution in [1.82, 2.24) is 10.6 Å². The van der Waals surface area contributed by atoms with E-state index in [9.17, 15) is 0 Å². The van der Waals surface area contributed by atoms with Crippen LogP contribution in [0.2, 0.25) is 0 Å². The molecule has 1 aromatic rings. The summed E-state index contributed by atoms with van der Waals surface area (Å²) in [6.07, 6.45) is 1.56. The fraction of sp³-hybridized carbons (Fsp3) is 0.650. The minimum absolute atomic E-state index is 0.168. The number of nitrogens with zero attached hydrogens (tertiary/aromatic N) is 1. The molecule has 5 heteroatoms. The van der Waals surface area contributed by atoms with Gasteiger partial charge in [-0.1, -0.05) is 39.0 Å². The van der Waals surface area contributed by atoms with E-state index in [4.69, 9.17) is 9.73 Å². The number of thioether (sulfide) groups is 1. The monoisotopic (exact) mass is 361 g/mol. The van der Waals surface area contributed by atoms with E-state index >= 15 is 0 Å². The van der Waals surface area contributed by atoms with Crippen LogP contribution in [0.1, 0.15) is 34.1 Å². The van der Waals surface area contributed by atoms with E-state index in [0.29, 0.717) is 23.3 Å². The van der Waals surface area contributed by atoms with Crippen molar-refractivity contribution in [3.05, 3.63) is 30.3 Å². The van der Waals surface area contributed by atoms with Crippen LogP contribution in [0.3, 0.4) is 0 Å². The van der Waals surface area contributed by atoms with Gasteiger partial charge < -0.3 is 15.4 Å². The molecule has 0 spiro atoms. The first-order valence-electron chi connectivity index (χ1n) is 9.40. The Labute approximate surface area is 156 Å². The molecule has 1 aliphatic carbocycles. The van der Waals surface area contributed by atoms with Gasteiger partial charge in [0.05, 0.1) is 12.6 Å². The highest BCUT2D eigenvalue weighted by Crippen LogP contribution is 2.52. The van der Waals surface area contributed by atoms with Gasteiger partial charge in [0.15, 0.2) is 5.96 Å². The van der Waals surface area contributed by atoms with E-state index < -0.39 is 0 Å². The van der Waals surface area contributed by atoms with Crippen LogP contribution in [0.4, 0.5) is 0 Å². The number of hydrogen-bond donors (Lipinski definition) is 2. The molecule has 0 radical (unpaired) electrons. The van der Waals surface area contributed by atoms with Crippen LogP contribution >= 0.6 is 11.8 Å². The molecule has 1 aromatic carbocycles. The maximum Gasteiger partial charge on any atom is 0.191 e. The van der Waals surface area contributed by atoms with Crippen LogP contribution < -0.4 is 10.6 Å². The Hall–Kier alpha value is -1.20. The van der Waals surface area contributed by atoms with Crippen LogP contribution in [0.15, 0.2) is 40.2 Å². The van der Waals surface area contributed by atoms with Crippen molar-refractivity contribution < 1.29 is 4.74 Å². The quantitative estimate of drug-likeness (QED) is 0.462. The molecule has 1 heterocycles. The van der Waals surface area contributed by atoms with Gasteiger partial charge in [-0.15, -0.1) is 11.8 Å². The molecule has 2 N–H and O–H groups in total. The standard InChI is InChI=1S/C20H31N3OS/c1-5-21-19(22-13-14(2)25-15-9-7-6-8-10-15)23-17-16-11-12-24-18(16)20(17,3)4/h6-10,14,16-18H,5,11-13H2,1-4H3,(H2,21,22,23). The zero-order valence-electron chi connectivity index (χ0n) is 15.8. The molecule has 3 rings (SSSR count). The number of fused-ring (bicyclic) bond motifs is 1. The SMILES string of the molecule is CCNC(=NCC(C)Sc1ccccc1)NC1C2CCOC2C1(C)C. The lowest BCUT2D eigenvalue weighted by Crippen LogP contribution is -2.68. The molecule has 0 bridgehead atoms. The van der Waals surface area contributed by atoms with Crippen molar-refractivity contribution >= 4 is 17.7 Å². The number of hydrogen-bond acceptors (Lipinski definition) is 3. The largest absolute Gasteiger partial charge is 0.377 e. The van der Waals surface area contributed by atoms with Gasteiger partial charge in [0.2, 0.25) is 0 Å². The second-order valence-corrected chi connectivity index (χ2v) is 9.16. The third-order valence-electron chi connectivity index (χ3n) is 5.32. The molecule has 0 amide bonds. The zero-order valence-corrected chi connectivity index (χ0v) is 16.6. The first kappa shape index (κ1) is 18.6. The first-order valence-corrected chi connectivity index (χ1v) is 10.3. The molecular weight excluding hydrogens is 330 g/mol. The van der Waals surface area contributed by atoms with E-state index in [1.165, 1.54) is 4.90 Å². The second kappa shape index (κ2) is 8.00. The molecule has 25 heavy (non-hydrogen) atoms. The van der Waals surface area contributed by atoms with E-state index in [0.717, 1.165) is 32.1 Å². The average molecular weight is 362 g/mol. The Balaban J connectivity index is 1.58. The van der Waals surface area contributed by atoms with Gasteiger partial charge in [0.25, 0.3) is 0 Å². The van der Waals surface area contributed by atoms with Crippen LogP contribution in [0, 0.1) is 11.3 Å². The fourth-order valence-electron chi connectivity index (χ4n) is 4.07. The van der Waals surface area contributed by atoms with E-state index in [1.54, 1.807) is 0 Å². The van der Waals surface area contributed by atoms with Crippen LogP contribution in [-0.4, -0.2) is 43.1 Å². The lowest BCUT2D eigenvalue weighted by Gasteiger charge is -2.54. The van der Waals surface area contributed by atoms with E-state index in [2.05, 4.69) is 68.7 Å². The third kappa shape index (κ3) is 4.14. The number of guanidine groups is 1. The summed E-state index contributed by atoms with van der Waals surface area (Å²) in [5.74, 6) is 1.56. The van der Waals surface area contributed by atoms with Gasteiger partial charge >= 0.3 is 0 Å². The normalized spacial score (nSPS) is 28.8. The number of nitrogens with one attached hydrogen (secondary N) is 2. The lowest BCUT2D eigenvalue weighted by molar-refractivity contribution is -0.106. The van der Waals surface area contributed by atoms with Gasteiger partial charge in [0.1, 0.15) is 0 Å². The highest BCUT2D eigenvalue weighted by molar-refractivity contribution is 8.00. The lowest BCUT2D eigenvalue weighted by atomic mass is 9.57. The molecule has 0 aromatic heterocycles. The molecule has 4 atom stereocenters. The maximum absolute atomic E-state index is 5.90. The van der Waals surface area contributed by atoms with E-state index in [1.807, 2.05) is 11.8 Å². The minimum atomic E-state index is 0.168. The number of rotatable bonds is 6. The number of ether oxygens (including phenoxy) is 1. The molecule has 138 valence electrons. The smallest absolute Gasteiger partial charge is 0.191 e. The highest BCUT2D eigenvalue weighted by atomic mass is 32.2. The van der Waals surface area contributed by atoms with Crippen molar-refractivity contribution in [2.75, 3.05) is 19.7 Å². The predicted octanol–water partition coefficient (Wildman–Crippen LogP) is 3.54. The Morgan fingerprint density at radius 2 is 2.12 bits per heavy atom. The second-order valence-electron chi connectivity index (χ2n) is 7.65. The Kier molecular flexibility index (Phi) is 5.95. The van der Waals surface area contributed by atoms with Crippen molar-refractivity contribution in [2.24, 2.45) is 16.3 Å². The molecule has 4 unspecified atom stereocenters. The van der Waals surface area contributed by atoms with Gasteiger partial charge in [-0.3, -0.25) is 4.99 Å². The number of benzene rings is 1. The first-order chi connectivity index (χ1) is 12.0. The molecular formula is C20H31N3OS. The summed E-state index contributed by atoms with van der Waals surface area (Å²) in [7, 11) is 0. The molecule has 1 saturated heterocycles. The van der Waals surface area contributed by atoms with Gasteiger partial charge in [0, 0.05) is 40.7 Å². The molecule has 1 saturated carbocycles. The topological polar surface area (TPSA) is 45.7 Å². The summed E-state index contributed by atoms with van der Waals surface area (Å²) in [5.41, 5.74) is 0.168. The molecule has 4 nitrogen and oxygen atoms in total. The van der Waals surface area contributed by atoms with Gasteiger partial charge in [-0.05, 0) is 25.5 Å². The summed E-state index contributed by atoms with van der Waals surface area (Å²) in [6, 6.07) is 11.0. The maximum atomic E-state index is 5.90. The van der Waals surface area contributed by atoms with Crippen molar-refractivity contribution in [2.45, 2.75) is 56.4 Å². The Morgan fingerprint density at radius 3 is 2.84 bits per heavy atom. The summed E-state index contributed by atoms with van der Waals surface area (Å²) in [6.45, 7) is 11.5. The summed E-state index contributed by atoms with van der Waals surface area (Å²) < 4.78 is 5.90. The highest BCUT2D eigenvalue weighted by Gasteiger charge is 2.59. The Morgan fingerprint density at radius 1 is 1.36 bits per heavy atom. The predicted molar refractivity (Wildman–Crippen MR) is 106 cm³/mol.